The van der Waals surface area contributed by atoms with Crippen molar-refractivity contribution in [1.29, 1.82) is 0 Å². The SMILES string of the molecule is CCOCC(CC1(OC)CCC1)NC. The molecule has 1 unspecified atom stereocenters. The molecule has 3 nitrogen and oxygen atoms in total. The first-order valence-electron chi connectivity index (χ1n) is 5.56. The van der Waals surface area contributed by atoms with Crippen LogP contribution < -0.4 is 5.32 Å². The Morgan fingerprint density at radius 2 is 2.14 bits per heavy atom. The van der Waals surface area contributed by atoms with Crippen molar-refractivity contribution in [2.24, 2.45) is 0 Å². The lowest BCUT2D eigenvalue weighted by Crippen LogP contribution is -2.46. The van der Waals surface area contributed by atoms with Crippen LogP contribution in [0.2, 0.25) is 0 Å². The smallest absolute Gasteiger partial charge is 0.0694 e. The first kappa shape index (κ1) is 12.0. The second-order valence-electron chi connectivity index (χ2n) is 4.09. The van der Waals surface area contributed by atoms with E-state index in [0.717, 1.165) is 19.6 Å². The minimum absolute atomic E-state index is 0.144. The van der Waals surface area contributed by atoms with Crippen LogP contribution in [0, 0.1) is 0 Å². The molecule has 1 aliphatic carbocycles. The standard InChI is InChI=1S/C11H23NO2/c1-4-14-9-10(12-2)8-11(13-3)6-5-7-11/h10,12H,4-9H2,1-3H3. The van der Waals surface area contributed by atoms with Crippen LogP contribution in [-0.2, 0) is 9.47 Å². The lowest BCUT2D eigenvalue weighted by Gasteiger charge is -2.42. The number of likely N-dealkylation sites (N-methyl/N-ethyl adjacent to an activating group) is 1. The number of hydrogen-bond donors (Lipinski definition) is 1. The van der Waals surface area contributed by atoms with E-state index in [2.05, 4.69) is 5.32 Å². The van der Waals surface area contributed by atoms with Gasteiger partial charge in [0.1, 0.15) is 0 Å². The van der Waals surface area contributed by atoms with Crippen molar-refractivity contribution >= 4 is 0 Å². The summed E-state index contributed by atoms with van der Waals surface area (Å²) in [5.41, 5.74) is 0.144. The van der Waals surface area contributed by atoms with E-state index < -0.39 is 0 Å². The van der Waals surface area contributed by atoms with Crippen LogP contribution in [0.1, 0.15) is 32.6 Å². The minimum atomic E-state index is 0.144. The Morgan fingerprint density at radius 1 is 1.43 bits per heavy atom. The van der Waals surface area contributed by atoms with Gasteiger partial charge in [0.05, 0.1) is 12.2 Å². The molecule has 0 amide bonds. The molecule has 0 aromatic rings. The van der Waals surface area contributed by atoms with E-state index >= 15 is 0 Å². The van der Waals surface area contributed by atoms with Gasteiger partial charge in [-0.2, -0.15) is 0 Å². The maximum absolute atomic E-state index is 5.59. The molecular weight excluding hydrogens is 178 g/mol. The van der Waals surface area contributed by atoms with E-state index in [9.17, 15) is 0 Å². The van der Waals surface area contributed by atoms with E-state index in [-0.39, 0.29) is 5.60 Å². The van der Waals surface area contributed by atoms with Gasteiger partial charge >= 0.3 is 0 Å². The molecule has 0 radical (unpaired) electrons. The molecule has 14 heavy (non-hydrogen) atoms. The van der Waals surface area contributed by atoms with Gasteiger partial charge in [0.15, 0.2) is 0 Å². The Kier molecular flexibility index (Phi) is 4.85. The van der Waals surface area contributed by atoms with Gasteiger partial charge in [-0.25, -0.2) is 0 Å². The van der Waals surface area contributed by atoms with Crippen molar-refractivity contribution < 1.29 is 9.47 Å². The zero-order chi connectivity index (χ0) is 10.4. The van der Waals surface area contributed by atoms with Gasteiger partial charge in [-0.3, -0.25) is 0 Å². The van der Waals surface area contributed by atoms with E-state index in [1.54, 1.807) is 0 Å². The Hall–Kier alpha value is -0.120. The summed E-state index contributed by atoms with van der Waals surface area (Å²) in [6.45, 7) is 3.61. The van der Waals surface area contributed by atoms with Crippen LogP contribution in [0.25, 0.3) is 0 Å². The molecule has 1 saturated carbocycles. The van der Waals surface area contributed by atoms with Crippen LogP contribution in [-0.4, -0.2) is 39.0 Å². The second-order valence-corrected chi connectivity index (χ2v) is 4.09. The summed E-state index contributed by atoms with van der Waals surface area (Å²) in [4.78, 5) is 0. The Morgan fingerprint density at radius 3 is 2.50 bits per heavy atom. The topological polar surface area (TPSA) is 30.5 Å². The van der Waals surface area contributed by atoms with Crippen LogP contribution in [0.3, 0.4) is 0 Å². The van der Waals surface area contributed by atoms with Crippen molar-refractivity contribution in [3.8, 4) is 0 Å². The third kappa shape index (κ3) is 2.94. The molecule has 0 aliphatic heterocycles. The molecule has 1 fully saturated rings. The predicted octanol–water partition coefficient (Wildman–Crippen LogP) is 1.57. The first-order valence-corrected chi connectivity index (χ1v) is 5.56. The monoisotopic (exact) mass is 201 g/mol. The number of rotatable bonds is 7. The number of ether oxygens (including phenoxy) is 2. The van der Waals surface area contributed by atoms with E-state index in [0.29, 0.717) is 6.04 Å². The fourth-order valence-electron chi connectivity index (χ4n) is 2.02. The largest absolute Gasteiger partial charge is 0.380 e. The molecule has 0 aromatic carbocycles. The highest BCUT2D eigenvalue weighted by Gasteiger charge is 2.38. The van der Waals surface area contributed by atoms with Crippen LogP contribution in [0.4, 0.5) is 0 Å². The summed E-state index contributed by atoms with van der Waals surface area (Å²) >= 11 is 0. The molecular formula is C11H23NO2. The van der Waals surface area contributed by atoms with Gasteiger partial charge < -0.3 is 14.8 Å². The Balaban J connectivity index is 2.30. The third-order valence-corrected chi connectivity index (χ3v) is 3.25. The molecule has 0 saturated heterocycles. The summed E-state index contributed by atoms with van der Waals surface area (Å²) in [6, 6.07) is 0.426. The van der Waals surface area contributed by atoms with Gasteiger partial charge in [-0.05, 0) is 39.7 Å². The first-order chi connectivity index (χ1) is 6.76. The maximum Gasteiger partial charge on any atom is 0.0694 e. The number of nitrogens with one attached hydrogen (secondary N) is 1. The lowest BCUT2D eigenvalue weighted by atomic mass is 9.76. The summed E-state index contributed by atoms with van der Waals surface area (Å²) in [5, 5.41) is 3.29. The quantitative estimate of drug-likeness (QED) is 0.678. The van der Waals surface area contributed by atoms with Gasteiger partial charge in [-0.15, -0.1) is 0 Å². The highest BCUT2D eigenvalue weighted by molar-refractivity contribution is 4.92. The zero-order valence-corrected chi connectivity index (χ0v) is 9.64. The Bertz CT molecular complexity index is 152. The molecule has 0 bridgehead atoms. The summed E-state index contributed by atoms with van der Waals surface area (Å²) in [5.74, 6) is 0. The molecule has 1 aliphatic rings. The fraction of sp³-hybridized carbons (Fsp3) is 1.00. The minimum Gasteiger partial charge on any atom is -0.380 e. The molecule has 0 heterocycles. The second kappa shape index (κ2) is 5.69. The lowest BCUT2D eigenvalue weighted by molar-refractivity contribution is -0.0875. The average Bonchev–Trinajstić information content (AvgIpc) is 2.16. The fourth-order valence-corrected chi connectivity index (χ4v) is 2.02. The summed E-state index contributed by atoms with van der Waals surface area (Å²) in [7, 11) is 3.82. The molecule has 0 spiro atoms. The molecule has 1 rings (SSSR count). The Labute approximate surface area is 87.2 Å². The predicted molar refractivity (Wildman–Crippen MR) is 57.5 cm³/mol. The molecule has 84 valence electrons. The average molecular weight is 201 g/mol. The van der Waals surface area contributed by atoms with Crippen molar-refractivity contribution in [3.05, 3.63) is 0 Å². The van der Waals surface area contributed by atoms with E-state index in [4.69, 9.17) is 9.47 Å². The molecule has 1 N–H and O–H groups in total. The van der Waals surface area contributed by atoms with Gasteiger partial charge in [0.2, 0.25) is 0 Å². The van der Waals surface area contributed by atoms with Gasteiger partial charge in [-0.1, -0.05) is 0 Å². The highest BCUT2D eigenvalue weighted by Crippen LogP contribution is 2.38. The van der Waals surface area contributed by atoms with Gasteiger partial charge in [0.25, 0.3) is 0 Å². The number of methoxy groups -OCH3 is 1. The summed E-state index contributed by atoms with van der Waals surface area (Å²) < 4.78 is 11.0. The van der Waals surface area contributed by atoms with Crippen molar-refractivity contribution in [2.45, 2.75) is 44.2 Å². The third-order valence-electron chi connectivity index (χ3n) is 3.25. The number of hydrogen-bond acceptors (Lipinski definition) is 3. The molecule has 3 heteroatoms. The maximum atomic E-state index is 5.59. The normalized spacial score (nSPS) is 21.6. The van der Waals surface area contributed by atoms with Crippen LogP contribution >= 0.6 is 0 Å². The van der Waals surface area contributed by atoms with Gasteiger partial charge in [0, 0.05) is 19.8 Å². The van der Waals surface area contributed by atoms with Crippen LogP contribution in [0.5, 0.6) is 0 Å². The van der Waals surface area contributed by atoms with E-state index in [1.165, 1.54) is 19.3 Å². The molecule has 0 aromatic heterocycles. The van der Waals surface area contributed by atoms with Crippen molar-refractivity contribution in [1.82, 2.24) is 5.32 Å². The highest BCUT2D eigenvalue weighted by atomic mass is 16.5. The molecule has 1 atom stereocenters. The zero-order valence-electron chi connectivity index (χ0n) is 9.64. The summed E-state index contributed by atoms with van der Waals surface area (Å²) in [6.07, 6.45) is 4.78. The van der Waals surface area contributed by atoms with E-state index in [1.807, 2.05) is 21.1 Å². The van der Waals surface area contributed by atoms with Crippen LogP contribution in [0.15, 0.2) is 0 Å². The van der Waals surface area contributed by atoms with Crippen molar-refractivity contribution in [3.63, 3.8) is 0 Å². The van der Waals surface area contributed by atoms with Crippen molar-refractivity contribution in [2.75, 3.05) is 27.4 Å².